The molecule has 3 nitrogen and oxygen atoms in total. The molecule has 1 heterocycles. The molecular weight excluding hydrogens is 373 g/mol. The predicted octanol–water partition coefficient (Wildman–Crippen LogP) is 5.78. The first-order chi connectivity index (χ1) is 13.6. The van der Waals surface area contributed by atoms with Gasteiger partial charge in [-0.25, -0.2) is 4.39 Å². The van der Waals surface area contributed by atoms with E-state index in [0.717, 1.165) is 40.4 Å². The molecule has 28 heavy (non-hydrogen) atoms. The van der Waals surface area contributed by atoms with Crippen LogP contribution < -0.4 is 9.64 Å². The lowest BCUT2D eigenvalue weighted by Crippen LogP contribution is -2.24. The Morgan fingerprint density at radius 3 is 2.75 bits per heavy atom. The van der Waals surface area contributed by atoms with Crippen molar-refractivity contribution in [1.29, 1.82) is 0 Å². The fraction of sp³-hybridized carbons (Fsp3) is 0.217. The third-order valence-corrected chi connectivity index (χ3v) is 6.33. The summed E-state index contributed by atoms with van der Waals surface area (Å²) in [5.41, 5.74) is 2.88. The van der Waals surface area contributed by atoms with Crippen molar-refractivity contribution in [3.63, 3.8) is 0 Å². The minimum Gasteiger partial charge on any atom is -0.508 e. The Hall–Kier alpha value is -2.66. The van der Waals surface area contributed by atoms with Gasteiger partial charge in [0.05, 0.1) is 12.8 Å². The molecule has 144 valence electrons. The van der Waals surface area contributed by atoms with Crippen LogP contribution in [0.5, 0.6) is 11.5 Å². The monoisotopic (exact) mass is 395 g/mol. The van der Waals surface area contributed by atoms with Crippen LogP contribution in [0.4, 0.5) is 10.1 Å². The summed E-state index contributed by atoms with van der Waals surface area (Å²) in [4.78, 5) is 3.36. The third-order valence-electron chi connectivity index (χ3n) is 4.97. The van der Waals surface area contributed by atoms with E-state index in [2.05, 4.69) is 11.0 Å². The average Bonchev–Trinajstić information content (AvgIpc) is 2.87. The van der Waals surface area contributed by atoms with E-state index in [1.807, 2.05) is 36.4 Å². The van der Waals surface area contributed by atoms with Gasteiger partial charge in [0.2, 0.25) is 0 Å². The first-order valence-electron chi connectivity index (χ1n) is 9.26. The van der Waals surface area contributed by atoms with Crippen LogP contribution in [-0.4, -0.2) is 18.8 Å². The summed E-state index contributed by atoms with van der Waals surface area (Å²) in [6.45, 7) is 1.47. The largest absolute Gasteiger partial charge is 0.508 e. The van der Waals surface area contributed by atoms with Crippen LogP contribution in [0.25, 0.3) is 0 Å². The molecule has 0 saturated heterocycles. The first kappa shape index (κ1) is 18.7. The second-order valence-corrected chi connectivity index (χ2v) is 8.09. The number of phenolic OH excluding ortho intramolecular Hbond substituents is 1. The van der Waals surface area contributed by atoms with E-state index in [4.69, 9.17) is 4.74 Å². The number of methoxy groups -OCH3 is 1. The Bertz CT molecular complexity index is 978. The molecular formula is C23H22FNO2S. The van der Waals surface area contributed by atoms with Crippen molar-refractivity contribution < 1.29 is 14.2 Å². The van der Waals surface area contributed by atoms with Gasteiger partial charge < -0.3 is 14.7 Å². The number of thioether (sulfide) groups is 1. The zero-order chi connectivity index (χ0) is 19.5. The lowest BCUT2D eigenvalue weighted by molar-refractivity contribution is 0.413. The average molecular weight is 395 g/mol. The first-order valence-corrected chi connectivity index (χ1v) is 10.1. The number of hydrogen-bond acceptors (Lipinski definition) is 4. The van der Waals surface area contributed by atoms with Crippen LogP contribution in [-0.2, 0) is 6.54 Å². The Morgan fingerprint density at radius 1 is 1.11 bits per heavy atom. The van der Waals surface area contributed by atoms with Gasteiger partial charge >= 0.3 is 0 Å². The maximum atomic E-state index is 14.4. The second kappa shape index (κ2) is 8.15. The topological polar surface area (TPSA) is 32.7 Å². The Morgan fingerprint density at radius 2 is 1.96 bits per heavy atom. The fourth-order valence-corrected chi connectivity index (χ4v) is 4.93. The number of fused-ring (bicyclic) bond motifs is 1. The Balaban J connectivity index is 1.70. The SMILES string of the molecule is COc1ccc2c(c1)SC(c1ccccc1F)CCN2Cc1cccc(O)c1. The van der Waals surface area contributed by atoms with Crippen molar-refractivity contribution in [2.75, 3.05) is 18.6 Å². The number of nitrogens with zero attached hydrogens (tertiary/aromatic N) is 1. The highest BCUT2D eigenvalue weighted by molar-refractivity contribution is 7.99. The molecule has 1 aliphatic heterocycles. The number of aromatic hydroxyl groups is 1. The molecule has 0 aromatic heterocycles. The van der Waals surface area contributed by atoms with Gasteiger partial charge in [-0.2, -0.15) is 0 Å². The molecule has 1 unspecified atom stereocenters. The van der Waals surface area contributed by atoms with Gasteiger partial charge in [-0.05, 0) is 48.4 Å². The fourth-order valence-electron chi connectivity index (χ4n) is 3.58. The van der Waals surface area contributed by atoms with Crippen LogP contribution >= 0.6 is 11.8 Å². The van der Waals surface area contributed by atoms with Crippen LogP contribution in [0.15, 0.2) is 71.6 Å². The highest BCUT2D eigenvalue weighted by atomic mass is 32.2. The van der Waals surface area contributed by atoms with Crippen LogP contribution in [0.1, 0.15) is 22.8 Å². The standard InChI is InChI=1S/C23H22FNO2S/c1-27-18-9-10-21-23(14-18)28-22(19-7-2-3-8-20(19)24)11-12-25(21)15-16-5-4-6-17(26)13-16/h2-10,13-14,22,26H,11-12,15H2,1H3. The van der Waals surface area contributed by atoms with Crippen LogP contribution in [0.2, 0.25) is 0 Å². The molecule has 0 amide bonds. The summed E-state index contributed by atoms with van der Waals surface area (Å²) < 4.78 is 19.9. The molecule has 0 radical (unpaired) electrons. The minimum atomic E-state index is -0.161. The zero-order valence-corrected chi connectivity index (χ0v) is 16.5. The second-order valence-electron chi connectivity index (χ2n) is 6.84. The van der Waals surface area contributed by atoms with Crippen LogP contribution in [0.3, 0.4) is 0 Å². The van der Waals surface area contributed by atoms with Gasteiger partial charge in [-0.3, -0.25) is 0 Å². The Kier molecular flexibility index (Phi) is 5.44. The van der Waals surface area contributed by atoms with Gasteiger partial charge in [0.15, 0.2) is 0 Å². The van der Waals surface area contributed by atoms with E-state index in [0.29, 0.717) is 6.54 Å². The summed E-state index contributed by atoms with van der Waals surface area (Å²) in [5.74, 6) is 0.893. The molecule has 3 aromatic rings. The number of hydrogen-bond donors (Lipinski definition) is 1. The maximum Gasteiger partial charge on any atom is 0.127 e. The smallest absolute Gasteiger partial charge is 0.127 e. The van der Waals surface area contributed by atoms with Crippen molar-refractivity contribution in [1.82, 2.24) is 0 Å². The molecule has 0 spiro atoms. The molecule has 4 rings (SSSR count). The molecule has 1 atom stereocenters. The molecule has 1 N–H and O–H groups in total. The van der Waals surface area contributed by atoms with Crippen molar-refractivity contribution in [2.45, 2.75) is 23.1 Å². The highest BCUT2D eigenvalue weighted by Gasteiger charge is 2.25. The summed E-state index contributed by atoms with van der Waals surface area (Å²) in [7, 11) is 1.65. The van der Waals surface area contributed by atoms with E-state index in [1.165, 1.54) is 6.07 Å². The van der Waals surface area contributed by atoms with E-state index in [-0.39, 0.29) is 16.8 Å². The van der Waals surface area contributed by atoms with E-state index >= 15 is 0 Å². The molecule has 0 bridgehead atoms. The van der Waals surface area contributed by atoms with E-state index in [1.54, 1.807) is 37.1 Å². The minimum absolute atomic E-state index is 0.0289. The maximum absolute atomic E-state index is 14.4. The number of anilines is 1. The number of benzene rings is 3. The van der Waals surface area contributed by atoms with Gasteiger partial charge in [-0.1, -0.05) is 30.3 Å². The summed E-state index contributed by atoms with van der Waals surface area (Å²) in [6.07, 6.45) is 0.821. The van der Waals surface area contributed by atoms with E-state index < -0.39 is 0 Å². The molecule has 0 fully saturated rings. The molecule has 5 heteroatoms. The van der Waals surface area contributed by atoms with Gasteiger partial charge in [0.25, 0.3) is 0 Å². The quantitative estimate of drug-likeness (QED) is 0.607. The molecule has 0 aliphatic carbocycles. The lowest BCUT2D eigenvalue weighted by atomic mass is 10.1. The van der Waals surface area contributed by atoms with Crippen LogP contribution in [0, 0.1) is 5.82 Å². The van der Waals surface area contributed by atoms with Crippen molar-refractivity contribution in [2.24, 2.45) is 0 Å². The zero-order valence-electron chi connectivity index (χ0n) is 15.6. The summed E-state index contributed by atoms with van der Waals surface area (Å²) in [5, 5.41) is 9.83. The summed E-state index contributed by atoms with van der Waals surface area (Å²) >= 11 is 1.68. The predicted molar refractivity (Wildman–Crippen MR) is 112 cm³/mol. The number of halogens is 1. The van der Waals surface area contributed by atoms with E-state index in [9.17, 15) is 9.50 Å². The van der Waals surface area contributed by atoms with Gasteiger partial charge in [-0.15, -0.1) is 11.8 Å². The molecule has 3 aromatic carbocycles. The normalized spacial score (nSPS) is 16.4. The third kappa shape index (κ3) is 3.94. The Labute approximate surface area is 168 Å². The van der Waals surface area contributed by atoms with Crippen molar-refractivity contribution in [3.05, 3.63) is 83.7 Å². The molecule has 0 saturated carbocycles. The van der Waals surface area contributed by atoms with Gasteiger partial charge in [0, 0.05) is 28.8 Å². The number of rotatable bonds is 4. The lowest BCUT2D eigenvalue weighted by Gasteiger charge is -2.25. The van der Waals surface area contributed by atoms with Crippen molar-refractivity contribution in [3.8, 4) is 11.5 Å². The van der Waals surface area contributed by atoms with Crippen molar-refractivity contribution >= 4 is 17.4 Å². The van der Waals surface area contributed by atoms with Gasteiger partial charge in [0.1, 0.15) is 17.3 Å². The highest BCUT2D eigenvalue weighted by Crippen LogP contribution is 2.47. The summed E-state index contributed by atoms with van der Waals surface area (Å²) in [6, 6.07) is 20.4. The molecule has 1 aliphatic rings. The number of phenols is 1. The number of ether oxygens (including phenoxy) is 1.